The van der Waals surface area contributed by atoms with Crippen LogP contribution < -0.4 is 10.2 Å². The number of nitrogens with one attached hydrogen (secondary N) is 1. The molecule has 0 spiro atoms. The van der Waals surface area contributed by atoms with E-state index in [1.165, 1.54) is 11.3 Å². The maximum absolute atomic E-state index is 6.06. The molecule has 2 nitrogen and oxygen atoms in total. The van der Waals surface area contributed by atoms with Crippen LogP contribution in [0.4, 0.5) is 5.69 Å². The van der Waals surface area contributed by atoms with Crippen molar-refractivity contribution < 1.29 is 0 Å². The van der Waals surface area contributed by atoms with Crippen LogP contribution in [0, 0.1) is 5.92 Å². The monoisotopic (exact) mass is 254 g/mol. The van der Waals surface area contributed by atoms with Gasteiger partial charge >= 0.3 is 0 Å². The molecule has 0 aliphatic heterocycles. The van der Waals surface area contributed by atoms with Crippen molar-refractivity contribution >= 4 is 17.3 Å². The summed E-state index contributed by atoms with van der Waals surface area (Å²) in [6.07, 6.45) is 0. The van der Waals surface area contributed by atoms with Gasteiger partial charge in [-0.1, -0.05) is 32.4 Å². The van der Waals surface area contributed by atoms with Crippen molar-refractivity contribution in [3.05, 3.63) is 28.8 Å². The summed E-state index contributed by atoms with van der Waals surface area (Å²) in [6, 6.07) is 6.12. The number of nitrogens with zero attached hydrogens (tertiary/aromatic N) is 1. The molecule has 0 unspecified atom stereocenters. The van der Waals surface area contributed by atoms with E-state index in [4.69, 9.17) is 11.6 Å². The van der Waals surface area contributed by atoms with Crippen molar-refractivity contribution in [1.82, 2.24) is 5.32 Å². The Bertz CT molecular complexity index is 350. The quantitative estimate of drug-likeness (QED) is 0.835. The van der Waals surface area contributed by atoms with E-state index in [0.29, 0.717) is 5.92 Å². The van der Waals surface area contributed by atoms with Crippen molar-refractivity contribution in [1.29, 1.82) is 0 Å². The van der Waals surface area contributed by atoms with E-state index in [2.05, 4.69) is 50.2 Å². The summed E-state index contributed by atoms with van der Waals surface area (Å²) in [5, 5.41) is 4.16. The molecule has 0 radical (unpaired) electrons. The molecule has 0 saturated heterocycles. The summed E-state index contributed by atoms with van der Waals surface area (Å²) in [7, 11) is 2.14. The summed E-state index contributed by atoms with van der Waals surface area (Å²) in [5.41, 5.74) is 2.53. The normalized spacial score (nSPS) is 10.9. The zero-order valence-corrected chi connectivity index (χ0v) is 12.0. The molecule has 0 fully saturated rings. The highest BCUT2D eigenvalue weighted by Gasteiger charge is 2.09. The Kier molecular flexibility index (Phi) is 5.79. The predicted molar refractivity (Wildman–Crippen MR) is 76.9 cm³/mol. The second-order valence-corrected chi connectivity index (χ2v) is 5.26. The first kappa shape index (κ1) is 14.3. The van der Waals surface area contributed by atoms with E-state index < -0.39 is 0 Å². The van der Waals surface area contributed by atoms with E-state index in [-0.39, 0.29) is 0 Å². The fraction of sp³-hybridized carbons (Fsp3) is 0.571. The van der Waals surface area contributed by atoms with Gasteiger partial charge in [-0.05, 0) is 36.2 Å². The van der Waals surface area contributed by atoms with Crippen LogP contribution in [0.1, 0.15) is 26.3 Å². The Morgan fingerprint density at radius 1 is 1.35 bits per heavy atom. The second kappa shape index (κ2) is 6.87. The van der Waals surface area contributed by atoms with Crippen molar-refractivity contribution in [3.63, 3.8) is 0 Å². The van der Waals surface area contributed by atoms with Gasteiger partial charge in [0.15, 0.2) is 0 Å². The molecule has 0 atom stereocenters. The van der Waals surface area contributed by atoms with Gasteiger partial charge in [0, 0.05) is 30.8 Å². The SMILES string of the molecule is CCNCc1cc(Cl)ccc1N(C)CC(C)C. The highest BCUT2D eigenvalue weighted by Crippen LogP contribution is 2.24. The zero-order chi connectivity index (χ0) is 12.8. The van der Waals surface area contributed by atoms with Crippen molar-refractivity contribution in [2.45, 2.75) is 27.3 Å². The lowest BCUT2D eigenvalue weighted by Gasteiger charge is -2.24. The van der Waals surface area contributed by atoms with Gasteiger partial charge < -0.3 is 10.2 Å². The third kappa shape index (κ3) is 4.57. The highest BCUT2D eigenvalue weighted by molar-refractivity contribution is 6.30. The van der Waals surface area contributed by atoms with Crippen LogP contribution in [0.2, 0.25) is 5.02 Å². The molecule has 1 aromatic carbocycles. The molecule has 0 heterocycles. The lowest BCUT2D eigenvalue weighted by Crippen LogP contribution is -2.25. The molecule has 17 heavy (non-hydrogen) atoms. The number of anilines is 1. The Morgan fingerprint density at radius 2 is 2.06 bits per heavy atom. The Balaban J connectivity index is 2.88. The fourth-order valence-electron chi connectivity index (χ4n) is 1.97. The van der Waals surface area contributed by atoms with Crippen molar-refractivity contribution in [2.75, 3.05) is 25.0 Å². The minimum atomic E-state index is 0.655. The van der Waals surface area contributed by atoms with E-state index >= 15 is 0 Å². The van der Waals surface area contributed by atoms with Crippen LogP contribution in [0.15, 0.2) is 18.2 Å². The first-order valence-electron chi connectivity index (χ1n) is 6.24. The first-order chi connectivity index (χ1) is 8.04. The molecule has 1 aromatic rings. The summed E-state index contributed by atoms with van der Waals surface area (Å²) in [5.74, 6) is 0.655. The Morgan fingerprint density at radius 3 is 2.65 bits per heavy atom. The number of hydrogen-bond donors (Lipinski definition) is 1. The average Bonchev–Trinajstić information content (AvgIpc) is 2.25. The third-order valence-corrected chi connectivity index (χ3v) is 2.89. The van der Waals surface area contributed by atoms with Gasteiger partial charge in [-0.25, -0.2) is 0 Å². The molecule has 96 valence electrons. The van der Waals surface area contributed by atoms with Gasteiger partial charge in [-0.3, -0.25) is 0 Å². The second-order valence-electron chi connectivity index (χ2n) is 4.83. The van der Waals surface area contributed by atoms with E-state index in [1.54, 1.807) is 0 Å². The maximum Gasteiger partial charge on any atom is 0.0410 e. The standard InChI is InChI=1S/C14H23ClN2/c1-5-16-9-12-8-13(15)6-7-14(12)17(4)10-11(2)3/h6-8,11,16H,5,9-10H2,1-4H3. The topological polar surface area (TPSA) is 15.3 Å². The van der Waals surface area contributed by atoms with Gasteiger partial charge in [-0.15, -0.1) is 0 Å². The number of rotatable bonds is 6. The summed E-state index contributed by atoms with van der Waals surface area (Å²) < 4.78 is 0. The minimum Gasteiger partial charge on any atom is -0.374 e. The molecular formula is C14H23ClN2. The van der Waals surface area contributed by atoms with Crippen LogP contribution in [-0.2, 0) is 6.54 Å². The van der Waals surface area contributed by atoms with Crippen molar-refractivity contribution in [2.24, 2.45) is 5.92 Å². The lowest BCUT2D eigenvalue weighted by atomic mass is 10.1. The summed E-state index contributed by atoms with van der Waals surface area (Å²) in [6.45, 7) is 9.48. The number of halogens is 1. The summed E-state index contributed by atoms with van der Waals surface area (Å²) >= 11 is 6.06. The minimum absolute atomic E-state index is 0.655. The predicted octanol–water partition coefficient (Wildman–Crippen LogP) is 3.54. The highest BCUT2D eigenvalue weighted by atomic mass is 35.5. The molecule has 1 rings (SSSR count). The van der Waals surface area contributed by atoms with Crippen LogP contribution >= 0.6 is 11.6 Å². The lowest BCUT2D eigenvalue weighted by molar-refractivity contribution is 0.634. The molecule has 0 amide bonds. The molecule has 0 bridgehead atoms. The fourth-order valence-corrected chi connectivity index (χ4v) is 2.17. The number of benzene rings is 1. The Hall–Kier alpha value is -0.730. The van der Waals surface area contributed by atoms with Gasteiger partial charge in [0.25, 0.3) is 0 Å². The van der Waals surface area contributed by atoms with Gasteiger partial charge in [0.1, 0.15) is 0 Å². The number of hydrogen-bond acceptors (Lipinski definition) is 2. The average molecular weight is 255 g/mol. The molecular weight excluding hydrogens is 232 g/mol. The molecule has 1 N–H and O–H groups in total. The van der Waals surface area contributed by atoms with Gasteiger partial charge in [0.05, 0.1) is 0 Å². The largest absolute Gasteiger partial charge is 0.374 e. The van der Waals surface area contributed by atoms with Crippen LogP contribution in [0.3, 0.4) is 0 Å². The van der Waals surface area contributed by atoms with Crippen LogP contribution in [0.25, 0.3) is 0 Å². The Labute approximate surface area is 110 Å². The molecule has 0 aromatic heterocycles. The smallest absolute Gasteiger partial charge is 0.0410 e. The third-order valence-electron chi connectivity index (χ3n) is 2.66. The van der Waals surface area contributed by atoms with Crippen LogP contribution in [0.5, 0.6) is 0 Å². The first-order valence-corrected chi connectivity index (χ1v) is 6.62. The maximum atomic E-state index is 6.06. The molecule has 3 heteroatoms. The van der Waals surface area contributed by atoms with E-state index in [9.17, 15) is 0 Å². The molecule has 0 aliphatic rings. The van der Waals surface area contributed by atoms with Crippen LogP contribution in [-0.4, -0.2) is 20.1 Å². The van der Waals surface area contributed by atoms with E-state index in [0.717, 1.165) is 24.7 Å². The molecule has 0 aliphatic carbocycles. The van der Waals surface area contributed by atoms with Gasteiger partial charge in [-0.2, -0.15) is 0 Å². The molecule has 0 saturated carbocycles. The summed E-state index contributed by atoms with van der Waals surface area (Å²) in [4.78, 5) is 2.30. The van der Waals surface area contributed by atoms with Gasteiger partial charge in [0.2, 0.25) is 0 Å². The zero-order valence-electron chi connectivity index (χ0n) is 11.3. The van der Waals surface area contributed by atoms with Crippen molar-refractivity contribution in [3.8, 4) is 0 Å². The van der Waals surface area contributed by atoms with E-state index in [1.807, 2.05) is 6.07 Å².